The smallest absolute Gasteiger partial charge is 0.342 e. The van der Waals surface area contributed by atoms with Crippen LogP contribution in [0.15, 0.2) is 77.0 Å². The molecule has 2 N–H and O–H groups in total. The van der Waals surface area contributed by atoms with E-state index in [-0.39, 0.29) is 23.2 Å². The van der Waals surface area contributed by atoms with E-state index in [2.05, 4.69) is 20.7 Å². The van der Waals surface area contributed by atoms with Crippen LogP contribution in [0.2, 0.25) is 5.02 Å². The molecule has 1 aromatic heterocycles. The molecule has 190 valence electrons. The second kappa shape index (κ2) is 11.8. The van der Waals surface area contributed by atoms with Gasteiger partial charge in [0.15, 0.2) is 0 Å². The Morgan fingerprint density at radius 1 is 1.11 bits per heavy atom. The van der Waals surface area contributed by atoms with E-state index < -0.39 is 0 Å². The lowest BCUT2D eigenvalue weighted by atomic mass is 10.1. The van der Waals surface area contributed by atoms with Gasteiger partial charge in [-0.2, -0.15) is 9.67 Å². The fourth-order valence-corrected chi connectivity index (χ4v) is 4.32. The van der Waals surface area contributed by atoms with Gasteiger partial charge in [-0.15, -0.1) is 5.10 Å². The van der Waals surface area contributed by atoms with Crippen molar-refractivity contribution < 1.29 is 23.9 Å². The normalized spacial score (nSPS) is 11.3. The number of nitrogens with zero attached hydrogens (tertiary/aromatic N) is 3. The summed E-state index contributed by atoms with van der Waals surface area (Å²) in [5.74, 6) is 1.23. The van der Waals surface area contributed by atoms with E-state index in [0.717, 1.165) is 22.8 Å². The van der Waals surface area contributed by atoms with Crippen molar-refractivity contribution in [2.45, 2.75) is 12.1 Å². The van der Waals surface area contributed by atoms with Gasteiger partial charge in [-0.25, -0.2) is 5.43 Å². The predicted octanol–water partition coefficient (Wildman–Crippen LogP) is 3.73. The third kappa shape index (κ3) is 6.22. The van der Waals surface area contributed by atoms with E-state index in [4.69, 9.17) is 21.1 Å². The van der Waals surface area contributed by atoms with Gasteiger partial charge in [0, 0.05) is 10.6 Å². The Kier molecular flexibility index (Phi) is 8.32. The second-order valence-corrected chi connectivity index (χ2v) is 9.16. The van der Waals surface area contributed by atoms with Crippen LogP contribution >= 0.6 is 23.4 Å². The number of ether oxygens (including phenoxy) is 2. The summed E-state index contributed by atoms with van der Waals surface area (Å²) in [4.78, 5) is 12.6. The number of aromatic nitrogens is 3. The summed E-state index contributed by atoms with van der Waals surface area (Å²) in [7, 11) is 3.04. The predicted molar refractivity (Wildman–Crippen MR) is 141 cm³/mol. The highest BCUT2D eigenvalue weighted by Crippen LogP contribution is 2.25. The molecule has 0 aliphatic rings. The third-order valence-electron chi connectivity index (χ3n) is 5.38. The minimum atomic E-state index is -0.312. The van der Waals surface area contributed by atoms with Crippen LogP contribution < -0.4 is 24.6 Å². The van der Waals surface area contributed by atoms with Gasteiger partial charge in [0.1, 0.15) is 17.2 Å². The topological polar surface area (TPSA) is 116 Å². The minimum Gasteiger partial charge on any atom is -0.870 e. The van der Waals surface area contributed by atoms with Crippen LogP contribution in [-0.2, 0) is 4.79 Å². The number of nitrogens with one attached hydrogen (secondary N) is 2. The summed E-state index contributed by atoms with van der Waals surface area (Å²) in [6, 6.07) is 19.5. The van der Waals surface area contributed by atoms with Crippen LogP contribution in [-0.4, -0.2) is 41.8 Å². The lowest BCUT2D eigenvalue weighted by molar-refractivity contribution is -0.625. The van der Waals surface area contributed by atoms with Gasteiger partial charge in [-0.05, 0) is 73.3 Å². The first-order valence-corrected chi connectivity index (χ1v) is 12.5. The highest BCUT2D eigenvalue weighted by Gasteiger charge is 2.24. The molecule has 0 bridgehead atoms. The highest BCUT2D eigenvalue weighted by molar-refractivity contribution is 7.99. The number of benzene rings is 3. The second-order valence-electron chi connectivity index (χ2n) is 7.78. The molecule has 0 unspecified atom stereocenters. The quantitative estimate of drug-likeness (QED) is 0.145. The number of H-pyrrole nitrogens is 1. The molecule has 0 aliphatic heterocycles. The van der Waals surface area contributed by atoms with Crippen molar-refractivity contribution >= 4 is 35.0 Å². The van der Waals surface area contributed by atoms with Crippen molar-refractivity contribution in [1.82, 2.24) is 15.6 Å². The zero-order valence-electron chi connectivity index (χ0n) is 20.3. The maximum atomic E-state index is 12.6. The van der Waals surface area contributed by atoms with Crippen molar-refractivity contribution in [2.75, 3.05) is 20.0 Å². The van der Waals surface area contributed by atoms with E-state index >= 15 is 0 Å². The summed E-state index contributed by atoms with van der Waals surface area (Å²) in [5.41, 5.74) is 5.47. The third-order valence-corrected chi connectivity index (χ3v) is 6.57. The number of carbonyl (C=O) groups is 1. The molecule has 0 radical (unpaired) electrons. The Balaban J connectivity index is 1.52. The number of thioether (sulfide) groups is 1. The van der Waals surface area contributed by atoms with Gasteiger partial charge in [0.05, 0.1) is 36.3 Å². The molecule has 37 heavy (non-hydrogen) atoms. The zero-order chi connectivity index (χ0) is 26.4. The molecule has 1 amide bonds. The van der Waals surface area contributed by atoms with Gasteiger partial charge in [0.2, 0.25) is 0 Å². The van der Waals surface area contributed by atoms with Gasteiger partial charge in [0.25, 0.3) is 11.7 Å². The molecule has 3 aromatic carbocycles. The number of amides is 1. The molecule has 0 aliphatic carbocycles. The van der Waals surface area contributed by atoms with Crippen molar-refractivity contribution in [1.29, 1.82) is 0 Å². The summed E-state index contributed by atoms with van der Waals surface area (Å²) in [6.45, 7) is 1.73. The molecule has 4 rings (SSSR count). The van der Waals surface area contributed by atoms with Crippen LogP contribution in [0, 0.1) is 0 Å². The molecular weight excluding hydrogens is 514 g/mol. The first kappa shape index (κ1) is 26.1. The fourth-order valence-electron chi connectivity index (χ4n) is 3.43. The maximum Gasteiger partial charge on any atom is 0.342 e. The number of hydrazone groups is 1. The van der Waals surface area contributed by atoms with Gasteiger partial charge >= 0.3 is 5.16 Å². The van der Waals surface area contributed by atoms with E-state index in [1.54, 1.807) is 38.3 Å². The largest absolute Gasteiger partial charge is 0.870 e. The minimum absolute atomic E-state index is 0.0695. The highest BCUT2D eigenvalue weighted by atomic mass is 35.5. The Bertz CT molecular complexity index is 1420. The molecule has 0 spiro atoms. The summed E-state index contributed by atoms with van der Waals surface area (Å²) < 4.78 is 12.2. The Hall–Kier alpha value is -4.02. The molecule has 0 atom stereocenters. The molecule has 0 fully saturated rings. The molecular formula is C26H24ClN5O4S. The number of aromatic amines is 1. The number of carbonyl (C=O) groups excluding carboxylic acids is 1. The fraction of sp³-hybridized carbons (Fsp3) is 0.154. The summed E-state index contributed by atoms with van der Waals surface area (Å²) in [5, 5.41) is 24.6. The number of methoxy groups -OCH3 is 2. The maximum absolute atomic E-state index is 12.6. The van der Waals surface area contributed by atoms with E-state index in [9.17, 15) is 9.90 Å². The molecule has 11 heteroatoms. The number of hydrogen-bond donors (Lipinski definition) is 2. The molecule has 0 saturated heterocycles. The number of halogens is 1. The average molecular weight is 538 g/mol. The first-order chi connectivity index (χ1) is 17.9. The van der Waals surface area contributed by atoms with Crippen molar-refractivity contribution in [3.63, 3.8) is 0 Å². The van der Waals surface area contributed by atoms with Crippen LogP contribution in [0.3, 0.4) is 0 Å². The lowest BCUT2D eigenvalue weighted by Gasteiger charge is -2.13. The van der Waals surface area contributed by atoms with E-state index in [1.807, 2.05) is 41.0 Å². The zero-order valence-corrected chi connectivity index (χ0v) is 21.9. The van der Waals surface area contributed by atoms with Gasteiger partial charge in [-0.3, -0.25) is 4.79 Å². The van der Waals surface area contributed by atoms with Gasteiger partial charge in [-0.1, -0.05) is 29.5 Å². The summed E-state index contributed by atoms with van der Waals surface area (Å²) >= 11 is 7.35. The molecule has 1 heterocycles. The van der Waals surface area contributed by atoms with E-state index in [1.165, 1.54) is 24.9 Å². The van der Waals surface area contributed by atoms with Crippen LogP contribution in [0.25, 0.3) is 17.1 Å². The standard InChI is InChI=1S/C26H24ClN5O4S/c1-16(18-6-13-22(33)23(14-18)36-3)28-29-24(34)15-37-26-31-30-25(17-4-11-21(35-2)12-5-17)32(26)20-9-7-19(27)8-10-20/h4-14H,15H2,1-3H3,(H2,28,29,33,34). The molecule has 0 saturated carbocycles. The van der Waals surface area contributed by atoms with Crippen molar-refractivity contribution in [3.05, 3.63) is 77.3 Å². The number of hydrogen-bond acceptors (Lipinski definition) is 7. The van der Waals surface area contributed by atoms with Gasteiger partial charge < -0.3 is 14.6 Å². The van der Waals surface area contributed by atoms with Crippen LogP contribution in [0.4, 0.5) is 0 Å². The lowest BCUT2D eigenvalue weighted by Crippen LogP contribution is -2.34. The molecule has 4 aromatic rings. The SMILES string of the molecule is COc1ccc(-c2[nH]nc(SCC(=O)N/N=C(/C)c3ccc([O-])c(OC)c3)[n+]2-c2ccc(Cl)cc2)cc1. The van der Waals surface area contributed by atoms with Crippen molar-refractivity contribution in [3.8, 4) is 34.3 Å². The van der Waals surface area contributed by atoms with Crippen molar-refractivity contribution in [2.24, 2.45) is 5.10 Å². The Morgan fingerprint density at radius 2 is 1.84 bits per heavy atom. The van der Waals surface area contributed by atoms with E-state index in [0.29, 0.717) is 21.5 Å². The molecule has 9 nitrogen and oxygen atoms in total. The Labute approximate surface area is 223 Å². The van der Waals surface area contributed by atoms with Crippen LogP contribution in [0.1, 0.15) is 12.5 Å². The summed E-state index contributed by atoms with van der Waals surface area (Å²) in [6.07, 6.45) is 0. The Morgan fingerprint density at radius 3 is 2.51 bits per heavy atom. The number of rotatable bonds is 9. The monoisotopic (exact) mass is 537 g/mol. The van der Waals surface area contributed by atoms with Crippen LogP contribution in [0.5, 0.6) is 17.2 Å². The average Bonchev–Trinajstić information content (AvgIpc) is 3.35. The first-order valence-electron chi connectivity index (χ1n) is 11.1.